The highest BCUT2D eigenvalue weighted by Gasteiger charge is 2.45. The number of hydrogen-bond donors (Lipinski definition) is 0. The van der Waals surface area contributed by atoms with Crippen molar-refractivity contribution in [2.24, 2.45) is 0 Å². The zero-order valence-corrected chi connectivity index (χ0v) is 16.2. The number of urea groups is 1. The van der Waals surface area contributed by atoms with Crippen molar-refractivity contribution in [1.29, 1.82) is 0 Å². The minimum Gasteiger partial charge on any atom is -0.493 e. The van der Waals surface area contributed by atoms with Crippen LogP contribution in [0.15, 0.2) is 12.1 Å². The fourth-order valence-corrected chi connectivity index (χ4v) is 3.44. The molecule has 0 radical (unpaired) electrons. The van der Waals surface area contributed by atoms with E-state index in [2.05, 4.69) is 0 Å². The molecule has 9 heteroatoms. The monoisotopic (exact) mass is 389 g/mol. The van der Waals surface area contributed by atoms with Gasteiger partial charge in [-0.25, -0.2) is 9.69 Å². The van der Waals surface area contributed by atoms with Gasteiger partial charge in [-0.3, -0.25) is 19.3 Å². The molecule has 0 bridgehead atoms. The number of benzene rings is 1. The van der Waals surface area contributed by atoms with Gasteiger partial charge in [-0.2, -0.15) is 0 Å². The van der Waals surface area contributed by atoms with Crippen LogP contribution in [-0.2, 0) is 27.3 Å². The molecule has 1 fully saturated rings. The number of imide groups is 2. The number of rotatable bonds is 6. The Labute approximate surface area is 162 Å². The molecule has 28 heavy (non-hydrogen) atoms. The van der Waals surface area contributed by atoms with Gasteiger partial charge in [0.05, 0.1) is 14.2 Å². The molecular weight excluding hydrogens is 366 g/mol. The van der Waals surface area contributed by atoms with Crippen LogP contribution < -0.4 is 9.47 Å². The van der Waals surface area contributed by atoms with Gasteiger partial charge in [0, 0.05) is 19.6 Å². The molecule has 2 aliphatic heterocycles. The summed E-state index contributed by atoms with van der Waals surface area (Å²) in [5.74, 6) is -1.01. The van der Waals surface area contributed by atoms with E-state index in [0.717, 1.165) is 20.9 Å². The first-order chi connectivity index (χ1) is 13.4. The van der Waals surface area contributed by atoms with E-state index in [1.165, 1.54) is 0 Å². The van der Waals surface area contributed by atoms with Crippen molar-refractivity contribution >= 4 is 23.8 Å². The van der Waals surface area contributed by atoms with E-state index in [1.807, 2.05) is 12.1 Å². The summed E-state index contributed by atoms with van der Waals surface area (Å²) < 4.78 is 10.6. The van der Waals surface area contributed by atoms with Crippen molar-refractivity contribution in [3.8, 4) is 11.5 Å². The lowest BCUT2D eigenvalue weighted by Gasteiger charge is -2.30. The number of amides is 5. The molecule has 150 valence electrons. The molecule has 1 aromatic rings. The molecule has 1 saturated heterocycles. The molecule has 0 aromatic heterocycles. The smallest absolute Gasteiger partial charge is 0.334 e. The van der Waals surface area contributed by atoms with Crippen LogP contribution >= 0.6 is 0 Å². The maximum atomic E-state index is 12.7. The van der Waals surface area contributed by atoms with Crippen LogP contribution in [0.3, 0.4) is 0 Å². The average molecular weight is 389 g/mol. The van der Waals surface area contributed by atoms with Gasteiger partial charge in [-0.15, -0.1) is 0 Å². The Balaban J connectivity index is 1.72. The summed E-state index contributed by atoms with van der Waals surface area (Å²) in [4.78, 5) is 52.2. The van der Waals surface area contributed by atoms with Gasteiger partial charge in [0.15, 0.2) is 11.5 Å². The molecule has 0 atom stereocenters. The van der Waals surface area contributed by atoms with Gasteiger partial charge in [-0.05, 0) is 36.1 Å². The minimum absolute atomic E-state index is 0.160. The van der Waals surface area contributed by atoms with Crippen molar-refractivity contribution in [2.75, 3.05) is 33.9 Å². The summed E-state index contributed by atoms with van der Waals surface area (Å²) in [6.45, 7) is 2.30. The summed E-state index contributed by atoms with van der Waals surface area (Å²) in [7, 11) is 3.11. The van der Waals surface area contributed by atoms with E-state index in [9.17, 15) is 19.2 Å². The highest BCUT2D eigenvalue weighted by atomic mass is 16.5. The van der Waals surface area contributed by atoms with Crippen molar-refractivity contribution in [3.05, 3.63) is 23.3 Å². The first-order valence-electron chi connectivity index (χ1n) is 9.10. The second-order valence-corrected chi connectivity index (χ2v) is 6.67. The summed E-state index contributed by atoms with van der Waals surface area (Å²) in [5.41, 5.74) is 1.97. The zero-order valence-electron chi connectivity index (χ0n) is 16.2. The zero-order chi connectivity index (χ0) is 20.4. The highest BCUT2D eigenvalue weighted by molar-refractivity contribution is 6.45. The number of fused-ring (bicyclic) bond motifs is 1. The highest BCUT2D eigenvalue weighted by Crippen LogP contribution is 2.33. The first kappa shape index (κ1) is 19.7. The fraction of sp³-hybridized carbons (Fsp3) is 0.474. The number of hydrogen-bond acceptors (Lipinski definition) is 6. The molecular formula is C19H23N3O6. The average Bonchev–Trinajstić information content (AvgIpc) is 2.90. The predicted molar refractivity (Wildman–Crippen MR) is 97.8 cm³/mol. The standard InChI is InChI=1S/C19H23N3O6/c1-4-6-21-17(24)18(25)22(19(21)26)11-16(23)20-7-5-12-8-14(27-2)15(28-3)9-13(12)10-20/h8-9H,4-7,10-11H2,1-3H3. The second-order valence-electron chi connectivity index (χ2n) is 6.67. The van der Waals surface area contributed by atoms with E-state index in [0.29, 0.717) is 37.4 Å². The number of carbonyl (C=O) groups is 4. The molecule has 3 rings (SSSR count). The molecule has 0 N–H and O–H groups in total. The van der Waals surface area contributed by atoms with E-state index in [4.69, 9.17) is 9.47 Å². The second kappa shape index (κ2) is 7.87. The lowest BCUT2D eigenvalue weighted by Crippen LogP contribution is -2.45. The number of methoxy groups -OCH3 is 2. The predicted octanol–water partition coefficient (Wildman–Crippen LogP) is 0.789. The molecule has 0 unspecified atom stereocenters. The first-order valence-corrected chi connectivity index (χ1v) is 9.10. The number of carbonyl (C=O) groups excluding carboxylic acids is 4. The molecule has 0 aliphatic carbocycles. The third-order valence-corrected chi connectivity index (χ3v) is 4.95. The third-order valence-electron chi connectivity index (χ3n) is 4.95. The van der Waals surface area contributed by atoms with E-state index >= 15 is 0 Å². The van der Waals surface area contributed by atoms with Crippen LogP contribution in [0.25, 0.3) is 0 Å². The van der Waals surface area contributed by atoms with Gasteiger partial charge in [0.25, 0.3) is 0 Å². The maximum Gasteiger partial charge on any atom is 0.334 e. The molecule has 2 aliphatic rings. The Morgan fingerprint density at radius 3 is 2.21 bits per heavy atom. The van der Waals surface area contributed by atoms with Gasteiger partial charge in [0.2, 0.25) is 5.91 Å². The van der Waals surface area contributed by atoms with Crippen LogP contribution in [0.2, 0.25) is 0 Å². The molecule has 2 heterocycles. The van der Waals surface area contributed by atoms with Crippen LogP contribution in [0.4, 0.5) is 4.79 Å². The third kappa shape index (κ3) is 3.39. The molecule has 5 amide bonds. The van der Waals surface area contributed by atoms with E-state index < -0.39 is 24.4 Å². The summed E-state index contributed by atoms with van der Waals surface area (Å²) in [6.07, 6.45) is 1.16. The van der Waals surface area contributed by atoms with Gasteiger partial charge >= 0.3 is 17.8 Å². The minimum atomic E-state index is -0.949. The van der Waals surface area contributed by atoms with Gasteiger partial charge in [0.1, 0.15) is 6.54 Å². The Kier molecular flexibility index (Phi) is 5.53. The van der Waals surface area contributed by atoms with Crippen LogP contribution in [0, 0.1) is 0 Å². The lowest BCUT2D eigenvalue weighted by molar-refractivity contribution is -0.145. The molecule has 0 spiro atoms. The van der Waals surface area contributed by atoms with Gasteiger partial charge in [-0.1, -0.05) is 6.92 Å². The Bertz CT molecular complexity index is 837. The molecule has 1 aromatic carbocycles. The number of ether oxygens (including phenoxy) is 2. The van der Waals surface area contributed by atoms with E-state index in [1.54, 1.807) is 26.0 Å². The SMILES string of the molecule is CCCN1C(=O)C(=O)N(CC(=O)N2CCc3cc(OC)c(OC)cc3C2)C1=O. The van der Waals surface area contributed by atoms with Crippen molar-refractivity contribution < 1.29 is 28.7 Å². The topological polar surface area (TPSA) is 96.5 Å². The fourth-order valence-electron chi connectivity index (χ4n) is 3.44. The van der Waals surface area contributed by atoms with Crippen molar-refractivity contribution in [1.82, 2.24) is 14.7 Å². The van der Waals surface area contributed by atoms with Crippen molar-refractivity contribution in [2.45, 2.75) is 26.3 Å². The van der Waals surface area contributed by atoms with Crippen LogP contribution in [-0.4, -0.2) is 72.3 Å². The maximum absolute atomic E-state index is 12.7. The Hall–Kier alpha value is -3.10. The van der Waals surface area contributed by atoms with Crippen molar-refractivity contribution in [3.63, 3.8) is 0 Å². The summed E-state index contributed by atoms with van der Waals surface area (Å²) in [5, 5.41) is 0. The Morgan fingerprint density at radius 2 is 1.61 bits per heavy atom. The largest absolute Gasteiger partial charge is 0.493 e. The quantitative estimate of drug-likeness (QED) is 0.527. The normalized spacial score (nSPS) is 16.5. The van der Waals surface area contributed by atoms with E-state index in [-0.39, 0.29) is 12.5 Å². The molecule has 0 saturated carbocycles. The Morgan fingerprint density at radius 1 is 1.00 bits per heavy atom. The van der Waals surface area contributed by atoms with Crippen LogP contribution in [0.5, 0.6) is 11.5 Å². The number of nitrogens with zero attached hydrogens (tertiary/aromatic N) is 3. The summed E-state index contributed by atoms with van der Waals surface area (Å²) in [6, 6.07) is 2.99. The van der Waals surface area contributed by atoms with Crippen LogP contribution in [0.1, 0.15) is 24.5 Å². The summed E-state index contributed by atoms with van der Waals surface area (Å²) >= 11 is 0. The molecule has 9 nitrogen and oxygen atoms in total. The lowest BCUT2D eigenvalue weighted by atomic mass is 9.98. The van der Waals surface area contributed by atoms with Gasteiger partial charge < -0.3 is 14.4 Å².